The lowest BCUT2D eigenvalue weighted by Crippen LogP contribution is -2.11. The lowest BCUT2D eigenvalue weighted by Gasteiger charge is -2.26. The lowest BCUT2D eigenvalue weighted by molar-refractivity contribution is 0.0980. The Bertz CT molecular complexity index is 761. The molecule has 3 heteroatoms. The van der Waals surface area contributed by atoms with Crippen molar-refractivity contribution in [3.8, 4) is 0 Å². The summed E-state index contributed by atoms with van der Waals surface area (Å²) in [6.07, 6.45) is 4.42. The summed E-state index contributed by atoms with van der Waals surface area (Å²) in [5.41, 5.74) is 2.42. The number of carbonyl (C=O) groups is 1. The first-order valence-corrected chi connectivity index (χ1v) is 10.6. The summed E-state index contributed by atoms with van der Waals surface area (Å²) in [6, 6.07) is 17.2. The van der Waals surface area contributed by atoms with E-state index in [9.17, 15) is 9.36 Å². The van der Waals surface area contributed by atoms with Crippen molar-refractivity contribution in [2.24, 2.45) is 0 Å². The quantitative estimate of drug-likeness (QED) is 0.313. The van der Waals surface area contributed by atoms with E-state index in [1.165, 1.54) is 0 Å². The maximum Gasteiger partial charge on any atom is 0.163 e. The van der Waals surface area contributed by atoms with E-state index < -0.39 is 7.14 Å². The van der Waals surface area contributed by atoms with Crippen LogP contribution in [0, 0.1) is 6.92 Å². The molecule has 2 aromatic carbocycles. The van der Waals surface area contributed by atoms with Crippen molar-refractivity contribution >= 4 is 12.9 Å². The maximum atomic E-state index is 13.7. The third-order valence-electron chi connectivity index (χ3n) is 4.38. The normalized spacial score (nSPS) is 12.4. The molecule has 0 spiro atoms. The Kier molecular flexibility index (Phi) is 6.73. The fraction of sp³-hybridized carbons (Fsp3) is 0.227. The molecule has 0 radical (unpaired) electrons. The highest BCUT2D eigenvalue weighted by Gasteiger charge is 2.33. The molecular formula is C22H25O2P. The van der Waals surface area contributed by atoms with Crippen LogP contribution in [0.5, 0.6) is 0 Å². The molecule has 0 aliphatic carbocycles. The molecule has 130 valence electrons. The number of Topliss-reactive ketones (excluding diaryl/α,β-unsaturated/α-hetero) is 1. The maximum absolute atomic E-state index is 13.7. The van der Waals surface area contributed by atoms with E-state index >= 15 is 0 Å². The summed E-state index contributed by atoms with van der Waals surface area (Å²) in [5, 5.41) is 0. The zero-order valence-corrected chi connectivity index (χ0v) is 15.6. The summed E-state index contributed by atoms with van der Waals surface area (Å²) in [4.78, 5) is 12.8. The van der Waals surface area contributed by atoms with Crippen LogP contribution in [0.1, 0.15) is 33.6 Å². The molecule has 2 nitrogen and oxygen atoms in total. The minimum absolute atomic E-state index is 0.0134. The number of benzene rings is 2. The van der Waals surface area contributed by atoms with Gasteiger partial charge in [-0.05, 0) is 12.5 Å². The van der Waals surface area contributed by atoms with Crippen molar-refractivity contribution in [1.82, 2.24) is 0 Å². The van der Waals surface area contributed by atoms with Crippen molar-refractivity contribution in [2.75, 3.05) is 12.3 Å². The van der Waals surface area contributed by atoms with E-state index in [1.807, 2.05) is 49.4 Å². The van der Waals surface area contributed by atoms with Gasteiger partial charge in [0.1, 0.15) is 7.14 Å². The van der Waals surface area contributed by atoms with Crippen LogP contribution in [0.4, 0.5) is 0 Å². The van der Waals surface area contributed by atoms with Gasteiger partial charge in [-0.3, -0.25) is 4.79 Å². The van der Waals surface area contributed by atoms with Crippen LogP contribution in [-0.2, 0) is 4.57 Å². The summed E-state index contributed by atoms with van der Waals surface area (Å²) >= 11 is 0. The molecule has 25 heavy (non-hydrogen) atoms. The molecule has 2 aromatic rings. The third kappa shape index (κ3) is 4.90. The van der Waals surface area contributed by atoms with Gasteiger partial charge in [0.05, 0.1) is 0 Å². The molecule has 0 saturated heterocycles. The molecule has 0 heterocycles. The van der Waals surface area contributed by atoms with Gasteiger partial charge in [0.2, 0.25) is 0 Å². The topological polar surface area (TPSA) is 34.1 Å². The lowest BCUT2D eigenvalue weighted by atomic mass is 10.0. The molecular weight excluding hydrogens is 327 g/mol. The molecule has 1 atom stereocenters. The highest BCUT2D eigenvalue weighted by Crippen LogP contribution is 2.60. The van der Waals surface area contributed by atoms with Gasteiger partial charge in [0.15, 0.2) is 5.78 Å². The number of allylic oxidation sites excluding steroid dienone is 2. The summed E-state index contributed by atoms with van der Waals surface area (Å²) in [5.74, 6) is 0.0134. The molecule has 0 saturated carbocycles. The van der Waals surface area contributed by atoms with Crippen LogP contribution in [0.3, 0.4) is 0 Å². The van der Waals surface area contributed by atoms with E-state index in [0.717, 1.165) is 11.1 Å². The van der Waals surface area contributed by atoms with Gasteiger partial charge >= 0.3 is 0 Å². The number of hydrogen-bond donors (Lipinski definition) is 0. The van der Waals surface area contributed by atoms with E-state index in [-0.39, 0.29) is 17.9 Å². The molecule has 0 bridgehead atoms. The molecule has 2 rings (SSSR count). The van der Waals surface area contributed by atoms with Crippen LogP contribution in [0.2, 0.25) is 0 Å². The van der Waals surface area contributed by atoms with Crippen LogP contribution >= 0.6 is 7.14 Å². The number of rotatable bonds is 9. The second kappa shape index (κ2) is 8.78. The SMILES string of the molecule is C=CCP(=O)(CC=C)[C@@H](CC(=O)c1ccccc1)c1ccc(C)cc1. The van der Waals surface area contributed by atoms with E-state index in [4.69, 9.17) is 0 Å². The Morgan fingerprint density at radius 1 is 1.00 bits per heavy atom. The monoisotopic (exact) mass is 352 g/mol. The standard InChI is InChI=1S/C22H25O2P/c1-4-15-25(24,16-5-2)22(20-13-11-18(3)12-14-20)17-21(23)19-9-7-6-8-10-19/h4-14,22H,1-2,15-17H2,3H3/t22-/m0/s1. The largest absolute Gasteiger partial charge is 0.322 e. The molecule has 0 aromatic heterocycles. The van der Waals surface area contributed by atoms with Crippen molar-refractivity contribution in [3.05, 3.63) is 96.6 Å². The van der Waals surface area contributed by atoms with Crippen molar-refractivity contribution in [2.45, 2.75) is 19.0 Å². The predicted octanol–water partition coefficient (Wildman–Crippen LogP) is 6.04. The second-order valence-corrected chi connectivity index (χ2v) is 9.57. The Balaban J connectivity index is 2.42. The molecule has 0 amide bonds. The Hall–Kier alpha value is -2.18. The molecule has 0 N–H and O–H groups in total. The van der Waals surface area contributed by atoms with Gasteiger partial charge in [0, 0.05) is 30.0 Å². The number of hydrogen-bond acceptors (Lipinski definition) is 2. The summed E-state index contributed by atoms with van der Waals surface area (Å²) in [7, 11) is -2.70. The fourth-order valence-electron chi connectivity index (χ4n) is 3.03. The Labute approximate surface area is 150 Å². The summed E-state index contributed by atoms with van der Waals surface area (Å²) < 4.78 is 13.7. The smallest absolute Gasteiger partial charge is 0.163 e. The third-order valence-corrected chi connectivity index (χ3v) is 7.75. The van der Waals surface area contributed by atoms with Gasteiger partial charge in [-0.2, -0.15) is 0 Å². The van der Waals surface area contributed by atoms with Crippen LogP contribution in [-0.4, -0.2) is 18.1 Å². The van der Waals surface area contributed by atoms with Crippen LogP contribution in [0.25, 0.3) is 0 Å². The van der Waals surface area contributed by atoms with Gasteiger partial charge in [-0.1, -0.05) is 72.3 Å². The fourth-order valence-corrected chi connectivity index (χ4v) is 5.77. The molecule has 0 aliphatic rings. The predicted molar refractivity (Wildman–Crippen MR) is 107 cm³/mol. The average Bonchev–Trinajstić information content (AvgIpc) is 2.61. The highest BCUT2D eigenvalue weighted by atomic mass is 31.2. The van der Waals surface area contributed by atoms with Crippen LogP contribution < -0.4 is 0 Å². The van der Waals surface area contributed by atoms with Gasteiger partial charge in [-0.15, -0.1) is 13.2 Å². The first kappa shape index (κ1) is 19.1. The van der Waals surface area contributed by atoms with Crippen molar-refractivity contribution < 1.29 is 9.36 Å². The van der Waals surface area contributed by atoms with E-state index in [0.29, 0.717) is 17.9 Å². The summed E-state index contributed by atoms with van der Waals surface area (Å²) in [6.45, 7) is 9.54. The molecule has 0 unspecified atom stereocenters. The van der Waals surface area contributed by atoms with Gasteiger partial charge in [0.25, 0.3) is 0 Å². The Morgan fingerprint density at radius 2 is 1.56 bits per heavy atom. The van der Waals surface area contributed by atoms with Crippen molar-refractivity contribution in [1.29, 1.82) is 0 Å². The highest BCUT2D eigenvalue weighted by molar-refractivity contribution is 7.64. The zero-order chi connectivity index (χ0) is 18.3. The van der Waals surface area contributed by atoms with Crippen LogP contribution in [0.15, 0.2) is 79.9 Å². The first-order valence-electron chi connectivity index (χ1n) is 8.44. The van der Waals surface area contributed by atoms with E-state index in [2.05, 4.69) is 13.2 Å². The number of carbonyl (C=O) groups excluding carboxylic acids is 1. The van der Waals surface area contributed by atoms with Crippen molar-refractivity contribution in [3.63, 3.8) is 0 Å². The van der Waals surface area contributed by atoms with E-state index in [1.54, 1.807) is 24.3 Å². The second-order valence-electron chi connectivity index (χ2n) is 6.31. The minimum atomic E-state index is -2.70. The van der Waals surface area contributed by atoms with Gasteiger partial charge in [-0.25, -0.2) is 0 Å². The zero-order valence-electron chi connectivity index (χ0n) is 14.7. The molecule has 0 aliphatic heterocycles. The number of ketones is 1. The Morgan fingerprint density at radius 3 is 2.08 bits per heavy atom. The minimum Gasteiger partial charge on any atom is -0.322 e. The average molecular weight is 352 g/mol. The molecule has 0 fully saturated rings. The first-order chi connectivity index (χ1) is 12.0. The van der Waals surface area contributed by atoms with Gasteiger partial charge < -0.3 is 4.57 Å². The number of aryl methyl sites for hydroxylation is 1.